The monoisotopic (exact) mass is 1010 g/mol. The van der Waals surface area contributed by atoms with Crippen LogP contribution in [0.4, 0.5) is 0 Å². The molecule has 0 amide bonds. The number of rotatable bonds is 9. The maximum atomic E-state index is 13.4. The smallest absolute Gasteiger partial charge is 0.330 e. The van der Waals surface area contributed by atoms with Gasteiger partial charge in [0.2, 0.25) is 0 Å². The third-order valence-corrected chi connectivity index (χ3v) is 13.9. The number of ether oxygens (including phenoxy) is 3. The summed E-state index contributed by atoms with van der Waals surface area (Å²) in [5.74, 6) is -0.659. The zero-order chi connectivity index (χ0) is 52.9. The molecule has 0 saturated carbocycles. The first-order chi connectivity index (χ1) is 36.3. The van der Waals surface area contributed by atoms with E-state index in [0.29, 0.717) is 39.3 Å². The maximum absolute atomic E-state index is 13.4. The minimum Gasteiger partial charge on any atom is -0.461 e. The van der Waals surface area contributed by atoms with Crippen LogP contribution in [0.1, 0.15) is 91.6 Å². The van der Waals surface area contributed by atoms with Crippen LogP contribution in [0.15, 0.2) is 182 Å². The molecule has 75 heavy (non-hydrogen) atoms. The van der Waals surface area contributed by atoms with E-state index < -0.39 is 17.9 Å². The molecule has 9 nitrogen and oxygen atoms in total. The predicted molar refractivity (Wildman–Crippen MR) is 302 cm³/mol. The Bertz CT molecular complexity index is 2470. The van der Waals surface area contributed by atoms with Crippen molar-refractivity contribution in [2.45, 2.75) is 98.9 Å². The van der Waals surface area contributed by atoms with E-state index in [9.17, 15) is 14.4 Å². The van der Waals surface area contributed by atoms with E-state index in [1.165, 1.54) is 34.9 Å². The summed E-state index contributed by atoms with van der Waals surface area (Å²) in [6.07, 6.45) is 9.90. The summed E-state index contributed by atoms with van der Waals surface area (Å²) < 4.78 is 18.0. The lowest BCUT2D eigenvalue weighted by atomic mass is 10.0. The topological polar surface area (TPSA) is 88.6 Å². The van der Waals surface area contributed by atoms with E-state index in [1.54, 1.807) is 18.2 Å². The molecule has 4 aliphatic heterocycles. The van der Waals surface area contributed by atoms with Crippen LogP contribution in [0.5, 0.6) is 0 Å². The molecule has 9 heteroatoms. The van der Waals surface area contributed by atoms with Crippen molar-refractivity contribution in [2.75, 3.05) is 19.8 Å². The number of benzene rings is 6. The van der Waals surface area contributed by atoms with Crippen molar-refractivity contribution in [3.8, 4) is 0 Å². The second-order valence-electron chi connectivity index (χ2n) is 20.7. The molecular weight excluding hydrogens is 931 g/mol. The number of hydrogen-bond acceptors (Lipinski definition) is 9. The van der Waals surface area contributed by atoms with E-state index in [-0.39, 0.29) is 55.7 Å². The molecule has 0 spiro atoms. The molecule has 0 fully saturated rings. The highest BCUT2D eigenvalue weighted by atomic mass is 16.5. The summed E-state index contributed by atoms with van der Waals surface area (Å²) in [6, 6.07) is 55.5. The molecule has 0 aliphatic carbocycles. The highest BCUT2D eigenvalue weighted by Gasteiger charge is 2.27. The molecule has 0 aromatic heterocycles. The molecule has 0 saturated heterocycles. The minimum atomic E-state index is -0.400. The minimum absolute atomic E-state index is 0.0692. The summed E-state index contributed by atoms with van der Waals surface area (Å²) in [4.78, 5) is 47.2. The van der Waals surface area contributed by atoms with Crippen LogP contribution in [0.3, 0.4) is 0 Å². The quantitative estimate of drug-likeness (QED) is 0.104. The molecule has 0 unspecified atom stereocenters. The highest BCUT2D eigenvalue weighted by molar-refractivity contribution is 5.88. The third kappa shape index (κ3) is 18.0. The van der Waals surface area contributed by atoms with Crippen molar-refractivity contribution in [1.29, 1.82) is 0 Å². The van der Waals surface area contributed by atoms with Gasteiger partial charge in [0.1, 0.15) is 19.8 Å². The van der Waals surface area contributed by atoms with Crippen molar-refractivity contribution < 1.29 is 28.6 Å². The Labute approximate surface area is 446 Å². The zero-order valence-electron chi connectivity index (χ0n) is 44.7. The van der Waals surface area contributed by atoms with Crippen molar-refractivity contribution in [2.24, 2.45) is 17.8 Å². The normalized spacial score (nSPS) is 20.0. The molecule has 0 radical (unpaired) electrons. The number of carbonyl (C=O) groups excluding carboxylic acids is 3. The van der Waals surface area contributed by atoms with Crippen LogP contribution in [-0.2, 0) is 67.9 Å². The summed E-state index contributed by atoms with van der Waals surface area (Å²) >= 11 is 0. The van der Waals surface area contributed by atoms with Gasteiger partial charge in [-0.3, -0.25) is 14.7 Å². The third-order valence-electron chi connectivity index (χ3n) is 13.9. The lowest BCUT2D eigenvalue weighted by Gasteiger charge is -2.34. The second-order valence-corrected chi connectivity index (χ2v) is 20.7. The van der Waals surface area contributed by atoms with Crippen molar-refractivity contribution in [3.63, 3.8) is 0 Å². The lowest BCUT2D eigenvalue weighted by Crippen LogP contribution is -2.42. The van der Waals surface area contributed by atoms with Crippen LogP contribution >= 0.6 is 0 Å². The fourth-order valence-corrected chi connectivity index (χ4v) is 9.53. The number of hydrogen-bond donors (Lipinski definition) is 0. The number of esters is 3. The van der Waals surface area contributed by atoms with Crippen molar-refractivity contribution in [3.05, 3.63) is 232 Å². The van der Waals surface area contributed by atoms with E-state index in [0.717, 1.165) is 33.4 Å². The molecule has 0 N–H and O–H groups in total. The molecule has 4 aliphatic rings. The van der Waals surface area contributed by atoms with E-state index >= 15 is 0 Å². The van der Waals surface area contributed by atoms with Crippen LogP contribution in [-0.4, -0.2) is 70.6 Å². The number of carbonyl (C=O) groups is 3. The molecule has 10 rings (SSSR count). The van der Waals surface area contributed by atoms with Crippen LogP contribution in [0.2, 0.25) is 0 Å². The Balaban J connectivity index is 1.16. The standard InChI is InChI=1S/C66H75N3O6/c1-49(2)61-46-73-64(70)37-34-53-24-30-59(31-25-53)44-68(41-56-18-12-8-13-19-56)63(51(5)6)48-75-66(72)39-36-54-26-32-60(33-27-54)45-69(42-57-20-14-9-15-21-57)62(50(3)4)47-74-65(71)38-35-52-22-28-58(29-23-52)43-67(61)40-55-16-10-7-11-17-55/h7-39,49-51,61-63H,40-48H2,1-6H3/b37-34+,38-35+,39-36+/t61-,62-,63-/m1/s1. The molecule has 6 bridgehead atoms. The first-order valence-corrected chi connectivity index (χ1v) is 26.5. The van der Waals surface area contributed by atoms with E-state index in [2.05, 4.69) is 129 Å². The Hall–Kier alpha value is -7.17. The Kier molecular flexibility index (Phi) is 21.1. The summed E-state index contributed by atoms with van der Waals surface area (Å²) in [6.45, 7) is 17.6. The average molecular weight is 1010 g/mol. The fourth-order valence-electron chi connectivity index (χ4n) is 9.53. The van der Waals surface area contributed by atoms with Gasteiger partial charge in [-0.15, -0.1) is 0 Å². The molecule has 3 atom stereocenters. The summed E-state index contributed by atoms with van der Waals surface area (Å²) in [7, 11) is 0. The van der Waals surface area contributed by atoms with Gasteiger partial charge in [-0.2, -0.15) is 0 Å². The van der Waals surface area contributed by atoms with Gasteiger partial charge >= 0.3 is 17.9 Å². The van der Waals surface area contributed by atoms with Gasteiger partial charge in [0.15, 0.2) is 0 Å². The Morgan fingerprint density at radius 2 is 0.587 bits per heavy atom. The lowest BCUT2D eigenvalue weighted by molar-refractivity contribution is -0.141. The van der Waals surface area contributed by atoms with Gasteiger partial charge in [0, 0.05) is 75.6 Å². The Morgan fingerprint density at radius 3 is 0.813 bits per heavy atom. The first-order valence-electron chi connectivity index (χ1n) is 26.5. The average Bonchev–Trinajstić information content (AvgIpc) is 3.40. The summed E-state index contributed by atoms with van der Waals surface area (Å²) in [5.41, 5.74) is 9.46. The molecular formula is C66H75N3O6. The van der Waals surface area contributed by atoms with E-state index in [4.69, 9.17) is 14.2 Å². The summed E-state index contributed by atoms with van der Waals surface area (Å²) in [5, 5.41) is 0. The maximum Gasteiger partial charge on any atom is 0.330 e. The van der Waals surface area contributed by atoms with Crippen molar-refractivity contribution in [1.82, 2.24) is 14.7 Å². The SMILES string of the molecule is CC(C)[C@H]1COC(=O)/C=C/c2ccc(cc2)CN(Cc2ccccc2)[C@@H](C(C)C)COC(=O)/C=C/c2ccc(cc2)CN(Cc2ccccc2)[C@@H](C(C)C)COC(=O)/C=C/c2ccc(cc2)CN1Cc1ccccc1. The van der Waals surface area contributed by atoms with Gasteiger partial charge < -0.3 is 14.2 Å². The van der Waals surface area contributed by atoms with Crippen LogP contribution < -0.4 is 0 Å². The van der Waals surface area contributed by atoms with Gasteiger partial charge in [-0.25, -0.2) is 14.4 Å². The van der Waals surface area contributed by atoms with Gasteiger partial charge in [0.25, 0.3) is 0 Å². The largest absolute Gasteiger partial charge is 0.461 e. The van der Waals surface area contributed by atoms with E-state index in [1.807, 2.05) is 91.0 Å². The Morgan fingerprint density at radius 1 is 0.347 bits per heavy atom. The molecule has 6 aromatic carbocycles. The van der Waals surface area contributed by atoms with Gasteiger partial charge in [-0.1, -0.05) is 205 Å². The van der Waals surface area contributed by atoms with Crippen LogP contribution in [0.25, 0.3) is 18.2 Å². The molecule has 6 aromatic rings. The molecule has 4 heterocycles. The second kappa shape index (κ2) is 28.5. The van der Waals surface area contributed by atoms with Gasteiger partial charge in [0.05, 0.1) is 0 Å². The number of fused-ring (bicyclic) bond motifs is 3. The number of nitrogens with zero attached hydrogens (tertiary/aromatic N) is 3. The highest BCUT2D eigenvalue weighted by Crippen LogP contribution is 2.24. The fraction of sp³-hybridized carbons (Fsp3) is 0.318. The van der Waals surface area contributed by atoms with Crippen molar-refractivity contribution >= 4 is 36.1 Å². The van der Waals surface area contributed by atoms with Crippen LogP contribution in [0, 0.1) is 17.8 Å². The van der Waals surface area contributed by atoms with Gasteiger partial charge in [-0.05, 0) is 86.1 Å². The zero-order valence-corrected chi connectivity index (χ0v) is 44.7. The molecule has 390 valence electrons. The predicted octanol–water partition coefficient (Wildman–Crippen LogP) is 12.9. The first kappa shape index (κ1) is 55.6.